The van der Waals surface area contributed by atoms with Gasteiger partial charge in [-0.2, -0.15) is 18.3 Å². The zero-order chi connectivity index (χ0) is 15.6. The van der Waals surface area contributed by atoms with Crippen LogP contribution in [0.25, 0.3) is 0 Å². The molecule has 10 heteroatoms. The number of aryl methyl sites for hydroxylation is 1. The molecule has 0 aliphatic rings. The molecule has 1 aromatic heterocycles. The number of aromatic nitrogens is 3. The summed E-state index contributed by atoms with van der Waals surface area (Å²) in [7, 11) is 1.65. The number of hydrogen-bond donors (Lipinski definition) is 1. The summed E-state index contributed by atoms with van der Waals surface area (Å²) in [5, 5.41) is 17.5. The molecule has 2 aromatic rings. The Morgan fingerprint density at radius 2 is 2.14 bits per heavy atom. The molecule has 112 valence electrons. The largest absolute Gasteiger partial charge is 0.416 e. The Morgan fingerprint density at radius 1 is 1.43 bits per heavy atom. The molecule has 7 nitrogen and oxygen atoms in total. The second kappa shape index (κ2) is 5.38. The first-order valence-electron chi connectivity index (χ1n) is 5.71. The first kappa shape index (κ1) is 14.8. The average Bonchev–Trinajstić information content (AvgIpc) is 2.80. The third-order valence-electron chi connectivity index (χ3n) is 2.61. The standard InChI is InChI=1S/C11H10F3N5O2/c1-18-6-16-10(17-18)5-15-8-3-2-7(11(12,13)14)4-9(8)19(20)21/h2-4,6,15H,5H2,1H3. The summed E-state index contributed by atoms with van der Waals surface area (Å²) in [4.78, 5) is 13.9. The molecule has 0 atom stereocenters. The van der Waals surface area contributed by atoms with E-state index in [0.717, 1.165) is 12.1 Å². The number of rotatable bonds is 4. The SMILES string of the molecule is Cn1cnc(CNc2ccc(C(F)(F)F)cc2[N+](=O)[O-])n1. The van der Waals surface area contributed by atoms with Crippen molar-refractivity contribution in [3.63, 3.8) is 0 Å². The minimum Gasteiger partial charge on any atom is -0.372 e. The molecule has 0 saturated carbocycles. The third kappa shape index (κ3) is 3.46. The molecule has 0 bridgehead atoms. The fourth-order valence-electron chi connectivity index (χ4n) is 1.65. The summed E-state index contributed by atoms with van der Waals surface area (Å²) >= 11 is 0. The Balaban J connectivity index is 2.24. The van der Waals surface area contributed by atoms with Gasteiger partial charge in [0, 0.05) is 13.1 Å². The van der Waals surface area contributed by atoms with E-state index in [2.05, 4.69) is 15.4 Å². The predicted molar refractivity (Wildman–Crippen MR) is 66.4 cm³/mol. The van der Waals surface area contributed by atoms with Crippen LogP contribution in [0.4, 0.5) is 24.5 Å². The molecular formula is C11H10F3N5O2. The van der Waals surface area contributed by atoms with Gasteiger partial charge in [0.05, 0.1) is 17.0 Å². The lowest BCUT2D eigenvalue weighted by molar-refractivity contribution is -0.384. The summed E-state index contributed by atoms with van der Waals surface area (Å²) < 4.78 is 39.1. The highest BCUT2D eigenvalue weighted by Crippen LogP contribution is 2.34. The highest BCUT2D eigenvalue weighted by Gasteiger charge is 2.33. The molecule has 1 N–H and O–H groups in total. The minimum atomic E-state index is -4.63. The van der Waals surface area contributed by atoms with Crippen LogP contribution >= 0.6 is 0 Å². The fourth-order valence-corrected chi connectivity index (χ4v) is 1.65. The predicted octanol–water partition coefficient (Wildman–Crippen LogP) is 2.35. The number of hydrogen-bond acceptors (Lipinski definition) is 5. The Bertz CT molecular complexity index is 668. The van der Waals surface area contributed by atoms with Crippen LogP contribution in [-0.2, 0) is 19.8 Å². The topological polar surface area (TPSA) is 85.9 Å². The van der Waals surface area contributed by atoms with Gasteiger partial charge >= 0.3 is 6.18 Å². The second-order valence-corrected chi connectivity index (χ2v) is 4.17. The monoisotopic (exact) mass is 301 g/mol. The van der Waals surface area contributed by atoms with Gasteiger partial charge < -0.3 is 5.32 Å². The number of nitro groups is 1. The van der Waals surface area contributed by atoms with E-state index < -0.39 is 22.4 Å². The Hall–Kier alpha value is -2.65. The maximum Gasteiger partial charge on any atom is 0.416 e. The summed E-state index contributed by atoms with van der Waals surface area (Å²) in [5.74, 6) is 0.367. The Kier molecular flexibility index (Phi) is 3.78. The first-order valence-corrected chi connectivity index (χ1v) is 5.71. The van der Waals surface area contributed by atoms with Crippen LogP contribution in [0.15, 0.2) is 24.5 Å². The van der Waals surface area contributed by atoms with Crippen molar-refractivity contribution in [1.29, 1.82) is 0 Å². The molecule has 0 unspecified atom stereocenters. The number of benzene rings is 1. The van der Waals surface area contributed by atoms with Crippen molar-refractivity contribution in [2.24, 2.45) is 7.05 Å². The second-order valence-electron chi connectivity index (χ2n) is 4.17. The summed E-state index contributed by atoms with van der Waals surface area (Å²) in [5.41, 5.74) is -1.75. The number of alkyl halides is 3. The number of nitrogens with zero attached hydrogens (tertiary/aromatic N) is 4. The van der Waals surface area contributed by atoms with Crippen molar-refractivity contribution in [3.8, 4) is 0 Å². The van der Waals surface area contributed by atoms with Crippen LogP contribution in [0.3, 0.4) is 0 Å². The van der Waals surface area contributed by atoms with E-state index in [1.54, 1.807) is 7.05 Å². The average molecular weight is 301 g/mol. The molecule has 2 rings (SSSR count). The van der Waals surface area contributed by atoms with Gasteiger partial charge in [0.2, 0.25) is 0 Å². The van der Waals surface area contributed by atoms with Crippen LogP contribution in [0, 0.1) is 10.1 Å². The van der Waals surface area contributed by atoms with Gasteiger partial charge in [-0.15, -0.1) is 0 Å². The lowest BCUT2D eigenvalue weighted by Crippen LogP contribution is -2.08. The molecule has 0 aliphatic heterocycles. The first-order chi connectivity index (χ1) is 9.77. The molecule has 0 fully saturated rings. The van der Waals surface area contributed by atoms with Gasteiger partial charge in [-0.1, -0.05) is 0 Å². The van der Waals surface area contributed by atoms with E-state index in [9.17, 15) is 23.3 Å². The highest BCUT2D eigenvalue weighted by molar-refractivity contribution is 5.62. The number of nitro benzene ring substituents is 1. The molecule has 0 saturated heterocycles. The molecule has 1 aromatic carbocycles. The van der Waals surface area contributed by atoms with Gasteiger partial charge in [0.25, 0.3) is 5.69 Å². The maximum absolute atomic E-state index is 12.6. The lowest BCUT2D eigenvalue weighted by Gasteiger charge is -2.09. The number of anilines is 1. The van der Waals surface area contributed by atoms with E-state index in [-0.39, 0.29) is 12.2 Å². The van der Waals surface area contributed by atoms with Crippen LogP contribution in [0.2, 0.25) is 0 Å². The summed E-state index contributed by atoms with van der Waals surface area (Å²) in [6.07, 6.45) is -3.19. The molecular weight excluding hydrogens is 291 g/mol. The van der Waals surface area contributed by atoms with Crippen molar-refractivity contribution in [2.45, 2.75) is 12.7 Å². The zero-order valence-electron chi connectivity index (χ0n) is 10.8. The lowest BCUT2D eigenvalue weighted by atomic mass is 10.1. The molecule has 0 aliphatic carbocycles. The maximum atomic E-state index is 12.6. The van der Waals surface area contributed by atoms with Gasteiger partial charge in [0.15, 0.2) is 5.82 Å². The normalized spacial score (nSPS) is 11.4. The Morgan fingerprint density at radius 3 is 2.67 bits per heavy atom. The summed E-state index contributed by atoms with van der Waals surface area (Å²) in [6.45, 7) is 0.0625. The van der Waals surface area contributed by atoms with Crippen LogP contribution in [0.5, 0.6) is 0 Å². The van der Waals surface area contributed by atoms with Crippen LogP contribution in [0.1, 0.15) is 11.4 Å². The zero-order valence-corrected chi connectivity index (χ0v) is 10.8. The van der Waals surface area contributed by atoms with Crippen LogP contribution in [-0.4, -0.2) is 19.7 Å². The van der Waals surface area contributed by atoms with Crippen molar-refractivity contribution in [3.05, 3.63) is 46.0 Å². The molecule has 0 spiro atoms. The Labute approximate surface area is 116 Å². The van der Waals surface area contributed by atoms with E-state index in [4.69, 9.17) is 0 Å². The van der Waals surface area contributed by atoms with E-state index in [0.29, 0.717) is 11.9 Å². The van der Waals surface area contributed by atoms with Gasteiger partial charge in [-0.3, -0.25) is 14.8 Å². The minimum absolute atomic E-state index is 0.0274. The highest BCUT2D eigenvalue weighted by atomic mass is 19.4. The number of nitrogens with one attached hydrogen (secondary N) is 1. The van der Waals surface area contributed by atoms with E-state index in [1.165, 1.54) is 11.0 Å². The van der Waals surface area contributed by atoms with Crippen LogP contribution < -0.4 is 5.32 Å². The van der Waals surface area contributed by atoms with E-state index >= 15 is 0 Å². The van der Waals surface area contributed by atoms with Crippen molar-refractivity contribution in [2.75, 3.05) is 5.32 Å². The molecule has 0 amide bonds. The quantitative estimate of drug-likeness (QED) is 0.692. The van der Waals surface area contributed by atoms with Gasteiger partial charge in [0.1, 0.15) is 12.0 Å². The van der Waals surface area contributed by atoms with Gasteiger partial charge in [-0.25, -0.2) is 4.98 Å². The third-order valence-corrected chi connectivity index (χ3v) is 2.61. The molecule has 21 heavy (non-hydrogen) atoms. The van der Waals surface area contributed by atoms with Crippen molar-refractivity contribution < 1.29 is 18.1 Å². The van der Waals surface area contributed by atoms with Gasteiger partial charge in [-0.05, 0) is 12.1 Å². The smallest absolute Gasteiger partial charge is 0.372 e. The van der Waals surface area contributed by atoms with Crippen molar-refractivity contribution in [1.82, 2.24) is 14.8 Å². The van der Waals surface area contributed by atoms with Crippen molar-refractivity contribution >= 4 is 11.4 Å². The number of halogens is 3. The van der Waals surface area contributed by atoms with E-state index in [1.807, 2.05) is 0 Å². The fraction of sp³-hybridized carbons (Fsp3) is 0.273. The summed E-state index contributed by atoms with van der Waals surface area (Å²) in [6, 6.07) is 2.29. The molecule has 1 heterocycles. The molecule has 0 radical (unpaired) electrons.